The Hall–Kier alpha value is -1.40. The third-order valence-corrected chi connectivity index (χ3v) is 2.51. The first-order chi connectivity index (χ1) is 8.04. The van der Waals surface area contributed by atoms with Crippen LogP contribution < -0.4 is 10.6 Å². The molecule has 1 rings (SSSR count). The molecule has 0 saturated heterocycles. The Morgan fingerprint density at radius 3 is 2.53 bits per heavy atom. The fourth-order valence-corrected chi connectivity index (χ4v) is 1.45. The first kappa shape index (κ1) is 13.7. The van der Waals surface area contributed by atoms with Crippen molar-refractivity contribution in [2.45, 2.75) is 25.9 Å². The Morgan fingerprint density at radius 2 is 2.00 bits per heavy atom. The average Bonchev–Trinajstić information content (AvgIpc) is 2.35. The Labute approximate surface area is 101 Å². The van der Waals surface area contributed by atoms with Crippen molar-refractivity contribution in [1.29, 1.82) is 0 Å². The van der Waals surface area contributed by atoms with Crippen molar-refractivity contribution in [1.82, 2.24) is 9.97 Å². The average molecular weight is 240 g/mol. The number of aliphatic hydroxyl groups is 2. The fourth-order valence-electron chi connectivity index (χ4n) is 1.45. The molecular weight excluding hydrogens is 220 g/mol. The molecule has 0 saturated carbocycles. The first-order valence-electron chi connectivity index (χ1n) is 5.62. The standard InChI is InChI=1S/C11H20N4O2/c1-4-8-9(12-3)14-7-15-10(8)13-5-11(2,17)6-16/h7,16-17H,4-6H2,1-3H3,(H2,12,13,14,15). The molecule has 96 valence electrons. The van der Waals surface area contributed by atoms with Gasteiger partial charge in [0.2, 0.25) is 0 Å². The summed E-state index contributed by atoms with van der Waals surface area (Å²) in [6.07, 6.45) is 2.24. The lowest BCUT2D eigenvalue weighted by Gasteiger charge is -2.22. The van der Waals surface area contributed by atoms with Crippen LogP contribution in [0.4, 0.5) is 11.6 Å². The molecule has 1 unspecified atom stereocenters. The number of nitrogens with zero attached hydrogens (tertiary/aromatic N) is 2. The lowest BCUT2D eigenvalue weighted by Crippen LogP contribution is -2.37. The molecule has 1 aromatic heterocycles. The van der Waals surface area contributed by atoms with Gasteiger partial charge in [0.15, 0.2) is 0 Å². The highest BCUT2D eigenvalue weighted by Crippen LogP contribution is 2.20. The number of anilines is 2. The van der Waals surface area contributed by atoms with Crippen LogP contribution in [0.25, 0.3) is 0 Å². The van der Waals surface area contributed by atoms with Crippen LogP contribution in [-0.2, 0) is 6.42 Å². The van der Waals surface area contributed by atoms with Gasteiger partial charge in [0.05, 0.1) is 6.61 Å². The highest BCUT2D eigenvalue weighted by molar-refractivity contribution is 5.57. The van der Waals surface area contributed by atoms with Gasteiger partial charge in [0.1, 0.15) is 23.6 Å². The minimum atomic E-state index is -1.16. The Morgan fingerprint density at radius 1 is 1.35 bits per heavy atom. The van der Waals surface area contributed by atoms with E-state index in [0.29, 0.717) is 5.82 Å². The van der Waals surface area contributed by atoms with E-state index in [1.54, 1.807) is 14.0 Å². The van der Waals surface area contributed by atoms with E-state index < -0.39 is 5.60 Å². The summed E-state index contributed by atoms with van der Waals surface area (Å²) < 4.78 is 0. The van der Waals surface area contributed by atoms with Crippen LogP contribution in [0.3, 0.4) is 0 Å². The van der Waals surface area contributed by atoms with Gasteiger partial charge in [-0.05, 0) is 13.3 Å². The van der Waals surface area contributed by atoms with Crippen LogP contribution >= 0.6 is 0 Å². The molecule has 0 amide bonds. The van der Waals surface area contributed by atoms with E-state index in [1.807, 2.05) is 6.92 Å². The molecule has 0 fully saturated rings. The van der Waals surface area contributed by atoms with E-state index in [9.17, 15) is 5.11 Å². The van der Waals surface area contributed by atoms with Crippen molar-refractivity contribution in [3.05, 3.63) is 11.9 Å². The Balaban J connectivity index is 2.84. The monoisotopic (exact) mass is 240 g/mol. The molecule has 1 heterocycles. The SMILES string of the molecule is CCc1c(NC)ncnc1NCC(C)(O)CO. The van der Waals surface area contributed by atoms with Crippen molar-refractivity contribution in [2.75, 3.05) is 30.8 Å². The van der Waals surface area contributed by atoms with Gasteiger partial charge in [-0.3, -0.25) is 0 Å². The zero-order valence-corrected chi connectivity index (χ0v) is 10.5. The molecule has 0 radical (unpaired) electrons. The van der Waals surface area contributed by atoms with Gasteiger partial charge in [-0.1, -0.05) is 6.92 Å². The van der Waals surface area contributed by atoms with Crippen molar-refractivity contribution in [2.24, 2.45) is 0 Å². The lowest BCUT2D eigenvalue weighted by atomic mass is 10.1. The number of aliphatic hydroxyl groups excluding tert-OH is 1. The fraction of sp³-hybridized carbons (Fsp3) is 0.636. The number of nitrogens with one attached hydrogen (secondary N) is 2. The Kier molecular flexibility index (Phi) is 4.65. The highest BCUT2D eigenvalue weighted by atomic mass is 16.3. The minimum absolute atomic E-state index is 0.233. The molecule has 6 nitrogen and oxygen atoms in total. The van der Waals surface area contributed by atoms with Gasteiger partial charge >= 0.3 is 0 Å². The van der Waals surface area contributed by atoms with Crippen molar-refractivity contribution >= 4 is 11.6 Å². The molecule has 17 heavy (non-hydrogen) atoms. The molecule has 4 N–H and O–H groups in total. The summed E-state index contributed by atoms with van der Waals surface area (Å²) in [7, 11) is 1.80. The quantitative estimate of drug-likeness (QED) is 0.569. The molecule has 0 aromatic carbocycles. The number of hydrogen-bond acceptors (Lipinski definition) is 6. The van der Waals surface area contributed by atoms with Gasteiger partial charge in [-0.15, -0.1) is 0 Å². The molecule has 6 heteroatoms. The van der Waals surface area contributed by atoms with Gasteiger partial charge in [-0.25, -0.2) is 9.97 Å². The molecule has 0 aliphatic heterocycles. The van der Waals surface area contributed by atoms with Gasteiger partial charge in [0, 0.05) is 19.2 Å². The summed E-state index contributed by atoms with van der Waals surface area (Å²) in [6.45, 7) is 3.50. The van der Waals surface area contributed by atoms with Gasteiger partial charge in [0.25, 0.3) is 0 Å². The highest BCUT2D eigenvalue weighted by Gasteiger charge is 2.19. The second-order valence-electron chi connectivity index (χ2n) is 4.16. The van der Waals surface area contributed by atoms with E-state index in [2.05, 4.69) is 20.6 Å². The second-order valence-corrected chi connectivity index (χ2v) is 4.16. The summed E-state index contributed by atoms with van der Waals surface area (Å²) in [5, 5.41) is 24.7. The molecule has 0 aliphatic carbocycles. The zero-order chi connectivity index (χ0) is 12.9. The first-order valence-corrected chi connectivity index (χ1v) is 5.62. The van der Waals surface area contributed by atoms with Crippen LogP contribution in [0.15, 0.2) is 6.33 Å². The second kappa shape index (κ2) is 5.79. The summed E-state index contributed by atoms with van der Waals surface area (Å²) in [5.41, 5.74) is -0.195. The van der Waals surface area contributed by atoms with Crippen LogP contribution in [-0.4, -0.2) is 46.0 Å². The van der Waals surface area contributed by atoms with Gasteiger partial charge < -0.3 is 20.8 Å². The summed E-state index contributed by atoms with van der Waals surface area (Å²) >= 11 is 0. The van der Waals surface area contributed by atoms with Crippen LogP contribution in [0.1, 0.15) is 19.4 Å². The van der Waals surface area contributed by atoms with Crippen molar-refractivity contribution in [3.8, 4) is 0 Å². The largest absolute Gasteiger partial charge is 0.393 e. The maximum absolute atomic E-state index is 9.70. The van der Waals surface area contributed by atoms with Crippen LogP contribution in [0.2, 0.25) is 0 Å². The molecule has 0 bridgehead atoms. The molecule has 0 aliphatic rings. The number of aromatic nitrogens is 2. The maximum Gasteiger partial charge on any atom is 0.134 e. The molecule has 1 aromatic rings. The molecule has 1 atom stereocenters. The lowest BCUT2D eigenvalue weighted by molar-refractivity contribution is 0.0131. The van der Waals surface area contributed by atoms with E-state index in [1.165, 1.54) is 6.33 Å². The van der Waals surface area contributed by atoms with Crippen LogP contribution in [0, 0.1) is 0 Å². The smallest absolute Gasteiger partial charge is 0.134 e. The number of rotatable bonds is 6. The van der Waals surface area contributed by atoms with E-state index >= 15 is 0 Å². The summed E-state index contributed by atoms with van der Waals surface area (Å²) in [6, 6.07) is 0. The third kappa shape index (κ3) is 3.54. The van der Waals surface area contributed by atoms with E-state index in [4.69, 9.17) is 5.11 Å². The zero-order valence-electron chi connectivity index (χ0n) is 10.5. The minimum Gasteiger partial charge on any atom is -0.393 e. The predicted octanol–water partition coefficient (Wildman–Crippen LogP) is 0.236. The molecular formula is C11H20N4O2. The van der Waals surface area contributed by atoms with Gasteiger partial charge in [-0.2, -0.15) is 0 Å². The third-order valence-electron chi connectivity index (χ3n) is 2.51. The van der Waals surface area contributed by atoms with E-state index in [-0.39, 0.29) is 13.2 Å². The summed E-state index contributed by atoms with van der Waals surface area (Å²) in [4.78, 5) is 8.26. The topological polar surface area (TPSA) is 90.3 Å². The summed E-state index contributed by atoms with van der Waals surface area (Å²) in [5.74, 6) is 1.45. The number of hydrogen-bond donors (Lipinski definition) is 4. The van der Waals surface area contributed by atoms with Crippen LogP contribution in [0.5, 0.6) is 0 Å². The Bertz CT molecular complexity index is 368. The molecule has 0 spiro atoms. The van der Waals surface area contributed by atoms with Crippen molar-refractivity contribution < 1.29 is 10.2 Å². The maximum atomic E-state index is 9.70. The van der Waals surface area contributed by atoms with E-state index in [0.717, 1.165) is 17.8 Å². The van der Waals surface area contributed by atoms with Crippen molar-refractivity contribution in [3.63, 3.8) is 0 Å². The predicted molar refractivity (Wildman–Crippen MR) is 67.2 cm³/mol. The normalized spacial score (nSPS) is 14.2.